The average molecular weight is 342 g/mol. The van der Waals surface area contributed by atoms with Gasteiger partial charge in [-0.3, -0.25) is 0 Å². The summed E-state index contributed by atoms with van der Waals surface area (Å²) >= 11 is 0. The number of carbonyl (C=O) groups excluding carboxylic acids is 1. The number of anilines is 2. The molecule has 0 saturated carbocycles. The number of aryl methyl sites for hydroxylation is 1. The van der Waals surface area contributed by atoms with Crippen molar-refractivity contribution in [2.75, 3.05) is 43.1 Å². The predicted octanol–water partition coefficient (Wildman–Crippen LogP) is 3.16. The molecule has 1 aliphatic heterocycles. The van der Waals surface area contributed by atoms with E-state index >= 15 is 0 Å². The maximum Gasteiger partial charge on any atom is 0.319 e. The molecule has 0 bridgehead atoms. The van der Waals surface area contributed by atoms with Crippen molar-refractivity contribution in [3.8, 4) is 0 Å². The number of nitrogens with zero attached hydrogens (tertiary/aromatic N) is 2. The molecule has 6 nitrogen and oxygen atoms in total. The summed E-state index contributed by atoms with van der Waals surface area (Å²) in [6, 6.07) is 7.77. The van der Waals surface area contributed by atoms with Crippen molar-refractivity contribution in [2.45, 2.75) is 20.8 Å². The molecule has 0 spiro atoms. The maximum absolute atomic E-state index is 11.9. The second kappa shape index (κ2) is 7.70. The van der Waals surface area contributed by atoms with Crippen LogP contribution in [0.2, 0.25) is 0 Å². The van der Waals surface area contributed by atoms with Gasteiger partial charge in [-0.1, -0.05) is 13.8 Å². The van der Waals surface area contributed by atoms with Gasteiger partial charge in [-0.25, -0.2) is 9.78 Å². The van der Waals surface area contributed by atoms with Gasteiger partial charge in [0.2, 0.25) is 0 Å². The number of amides is 2. The zero-order valence-corrected chi connectivity index (χ0v) is 15.1. The van der Waals surface area contributed by atoms with Gasteiger partial charge in [0.25, 0.3) is 0 Å². The summed E-state index contributed by atoms with van der Waals surface area (Å²) in [5.74, 6) is 1.41. The molecule has 1 fully saturated rings. The fourth-order valence-electron chi connectivity index (χ4n) is 2.88. The zero-order chi connectivity index (χ0) is 17.8. The largest absolute Gasteiger partial charge is 0.378 e. The number of pyridine rings is 1. The summed E-state index contributed by atoms with van der Waals surface area (Å²) in [6.07, 6.45) is 0. The summed E-state index contributed by atoms with van der Waals surface area (Å²) in [6.45, 7) is 10.1. The highest BCUT2D eigenvalue weighted by molar-refractivity contribution is 5.93. The highest BCUT2D eigenvalue weighted by atomic mass is 16.5. The van der Waals surface area contributed by atoms with Crippen molar-refractivity contribution in [3.63, 3.8) is 0 Å². The molecule has 1 aromatic carbocycles. The number of morpholine rings is 1. The minimum atomic E-state index is -0.177. The Morgan fingerprint density at radius 3 is 2.76 bits per heavy atom. The Kier molecular flexibility index (Phi) is 5.38. The lowest BCUT2D eigenvalue weighted by Gasteiger charge is -2.28. The van der Waals surface area contributed by atoms with Crippen LogP contribution in [-0.4, -0.2) is 43.9 Å². The van der Waals surface area contributed by atoms with E-state index in [1.165, 1.54) is 0 Å². The molecule has 3 rings (SSSR count). The monoisotopic (exact) mass is 342 g/mol. The Hall–Kier alpha value is -2.34. The molecule has 1 aliphatic rings. The quantitative estimate of drug-likeness (QED) is 0.896. The third-order valence-corrected chi connectivity index (χ3v) is 4.27. The minimum absolute atomic E-state index is 0.177. The van der Waals surface area contributed by atoms with Crippen LogP contribution in [0.25, 0.3) is 10.9 Å². The number of hydrogen-bond acceptors (Lipinski definition) is 4. The summed E-state index contributed by atoms with van der Waals surface area (Å²) in [4.78, 5) is 19.0. The second-order valence-corrected chi connectivity index (χ2v) is 6.86. The molecule has 1 saturated heterocycles. The molecule has 2 N–H and O–H groups in total. The highest BCUT2D eigenvalue weighted by Gasteiger charge is 2.14. The van der Waals surface area contributed by atoms with Crippen LogP contribution in [0, 0.1) is 12.8 Å². The normalized spacial score (nSPS) is 14.8. The number of hydrogen-bond donors (Lipinski definition) is 2. The predicted molar refractivity (Wildman–Crippen MR) is 101 cm³/mol. The van der Waals surface area contributed by atoms with Crippen molar-refractivity contribution in [1.82, 2.24) is 10.3 Å². The first-order chi connectivity index (χ1) is 12.0. The molecule has 134 valence electrons. The Balaban J connectivity index is 1.78. The van der Waals surface area contributed by atoms with Gasteiger partial charge in [-0.2, -0.15) is 0 Å². The van der Waals surface area contributed by atoms with Crippen LogP contribution in [0.15, 0.2) is 24.3 Å². The molecule has 25 heavy (non-hydrogen) atoms. The lowest BCUT2D eigenvalue weighted by atomic mass is 10.1. The van der Waals surface area contributed by atoms with Crippen LogP contribution >= 0.6 is 0 Å². The number of aromatic nitrogens is 1. The number of fused-ring (bicyclic) bond motifs is 1. The third kappa shape index (κ3) is 4.39. The molecule has 6 heteroatoms. The Morgan fingerprint density at radius 2 is 2.04 bits per heavy atom. The van der Waals surface area contributed by atoms with E-state index in [-0.39, 0.29) is 6.03 Å². The topological polar surface area (TPSA) is 66.5 Å². The number of benzene rings is 1. The molecular formula is C19H26N4O2. The van der Waals surface area contributed by atoms with Gasteiger partial charge in [0.15, 0.2) is 0 Å². The molecule has 0 unspecified atom stereocenters. The van der Waals surface area contributed by atoms with Gasteiger partial charge in [-0.15, -0.1) is 0 Å². The van der Waals surface area contributed by atoms with Crippen molar-refractivity contribution in [2.24, 2.45) is 5.92 Å². The van der Waals surface area contributed by atoms with Gasteiger partial charge in [0.1, 0.15) is 5.82 Å². The number of carbonyl (C=O) groups is 1. The molecule has 0 aliphatic carbocycles. The molecule has 1 aromatic heterocycles. The van der Waals surface area contributed by atoms with Gasteiger partial charge in [-0.05, 0) is 42.7 Å². The number of nitrogens with one attached hydrogen (secondary N) is 2. The molecule has 2 amide bonds. The summed E-state index contributed by atoms with van der Waals surface area (Å²) in [5.41, 5.74) is 2.87. The standard InChI is InChI=1S/C19H26N4O2/c1-13(2)12-20-19(24)21-15-4-5-17-16(11-15)14(3)10-18(22-17)23-6-8-25-9-7-23/h4-5,10-11,13H,6-9,12H2,1-3H3,(H2,20,21,24). The van der Waals surface area contributed by atoms with Crippen LogP contribution in [0.5, 0.6) is 0 Å². The van der Waals surface area contributed by atoms with Crippen LogP contribution < -0.4 is 15.5 Å². The summed E-state index contributed by atoms with van der Waals surface area (Å²) in [5, 5.41) is 6.81. The first-order valence-electron chi connectivity index (χ1n) is 8.82. The lowest BCUT2D eigenvalue weighted by molar-refractivity contribution is 0.122. The number of rotatable bonds is 4. The van der Waals surface area contributed by atoms with Crippen LogP contribution in [-0.2, 0) is 4.74 Å². The van der Waals surface area contributed by atoms with Gasteiger partial charge >= 0.3 is 6.03 Å². The first-order valence-corrected chi connectivity index (χ1v) is 8.82. The summed E-state index contributed by atoms with van der Waals surface area (Å²) < 4.78 is 5.41. The van der Waals surface area contributed by atoms with Crippen molar-refractivity contribution in [1.29, 1.82) is 0 Å². The van der Waals surface area contributed by atoms with Gasteiger partial charge < -0.3 is 20.3 Å². The second-order valence-electron chi connectivity index (χ2n) is 6.86. The molecular weight excluding hydrogens is 316 g/mol. The van der Waals surface area contributed by atoms with E-state index in [4.69, 9.17) is 9.72 Å². The molecule has 0 radical (unpaired) electrons. The average Bonchev–Trinajstić information content (AvgIpc) is 2.61. The van der Waals surface area contributed by atoms with Crippen LogP contribution in [0.3, 0.4) is 0 Å². The van der Waals surface area contributed by atoms with E-state index in [2.05, 4.69) is 42.4 Å². The Labute approximate surface area is 148 Å². The van der Waals surface area contributed by atoms with Crippen LogP contribution in [0.1, 0.15) is 19.4 Å². The van der Waals surface area contributed by atoms with Crippen molar-refractivity contribution in [3.05, 3.63) is 29.8 Å². The van der Waals surface area contributed by atoms with Crippen LogP contribution in [0.4, 0.5) is 16.3 Å². The lowest BCUT2D eigenvalue weighted by Crippen LogP contribution is -2.36. The minimum Gasteiger partial charge on any atom is -0.378 e. The van der Waals surface area contributed by atoms with E-state index in [1.54, 1.807) is 0 Å². The molecule has 2 aromatic rings. The summed E-state index contributed by atoms with van der Waals surface area (Å²) in [7, 11) is 0. The Bertz CT molecular complexity index is 754. The zero-order valence-electron chi connectivity index (χ0n) is 15.1. The van der Waals surface area contributed by atoms with E-state index in [9.17, 15) is 4.79 Å². The SMILES string of the molecule is Cc1cc(N2CCOCC2)nc2ccc(NC(=O)NCC(C)C)cc12. The van der Waals surface area contributed by atoms with Crippen molar-refractivity contribution >= 4 is 28.4 Å². The van der Waals surface area contributed by atoms with E-state index in [0.29, 0.717) is 12.5 Å². The maximum atomic E-state index is 11.9. The first kappa shape index (κ1) is 17.5. The van der Waals surface area contributed by atoms with Gasteiger partial charge in [0, 0.05) is 30.7 Å². The fourth-order valence-corrected chi connectivity index (χ4v) is 2.88. The van der Waals surface area contributed by atoms with Gasteiger partial charge in [0.05, 0.1) is 18.7 Å². The highest BCUT2D eigenvalue weighted by Crippen LogP contribution is 2.25. The van der Waals surface area contributed by atoms with Crippen molar-refractivity contribution < 1.29 is 9.53 Å². The number of urea groups is 1. The fraction of sp³-hybridized carbons (Fsp3) is 0.474. The van der Waals surface area contributed by atoms with E-state index < -0.39 is 0 Å². The molecule has 0 atom stereocenters. The number of ether oxygens (including phenoxy) is 1. The molecule has 2 heterocycles. The smallest absolute Gasteiger partial charge is 0.319 e. The van der Waals surface area contributed by atoms with E-state index in [1.807, 2.05) is 18.2 Å². The van der Waals surface area contributed by atoms with E-state index in [0.717, 1.165) is 54.3 Å². The Morgan fingerprint density at radius 1 is 1.28 bits per heavy atom. The third-order valence-electron chi connectivity index (χ3n) is 4.27.